The van der Waals surface area contributed by atoms with E-state index >= 15 is 0 Å². The summed E-state index contributed by atoms with van der Waals surface area (Å²) in [5.74, 6) is -0.396. The highest BCUT2D eigenvalue weighted by molar-refractivity contribution is 7.92. The van der Waals surface area contributed by atoms with Crippen molar-refractivity contribution < 1.29 is 27.5 Å². The van der Waals surface area contributed by atoms with Gasteiger partial charge in [-0.15, -0.1) is 0 Å². The normalized spacial score (nSPS) is 11.3. The van der Waals surface area contributed by atoms with Crippen molar-refractivity contribution in [2.45, 2.75) is 32.2 Å². The van der Waals surface area contributed by atoms with Crippen LogP contribution in [0.1, 0.15) is 22.5 Å². The standard InChI is InChI=1S/C22H23NO6S/c1-15-6-9-18(10-7-15)23(13-19-5-4-12-28-19)30(26,27)20-11-8-16(2)22(17(20)3)29-14-21(24)25/h4-12H,13-14H2,1-3H3,(H,24,25). The van der Waals surface area contributed by atoms with Crippen molar-refractivity contribution in [2.75, 3.05) is 10.9 Å². The summed E-state index contributed by atoms with van der Waals surface area (Å²) in [6.45, 7) is 4.72. The lowest BCUT2D eigenvalue weighted by Crippen LogP contribution is -2.31. The first kappa shape index (κ1) is 21.4. The molecule has 158 valence electrons. The zero-order chi connectivity index (χ0) is 21.9. The van der Waals surface area contributed by atoms with Crippen LogP contribution in [0.5, 0.6) is 5.75 Å². The minimum atomic E-state index is -4.01. The Balaban J connectivity index is 2.09. The molecule has 3 rings (SSSR count). The number of benzene rings is 2. The summed E-state index contributed by atoms with van der Waals surface area (Å²) < 4.78 is 39.4. The summed E-state index contributed by atoms with van der Waals surface area (Å²) in [5, 5.41) is 8.93. The molecule has 0 saturated heterocycles. The number of hydrogen-bond donors (Lipinski definition) is 1. The Hall–Kier alpha value is -3.26. The molecule has 1 heterocycles. The number of aliphatic carboxylic acids is 1. The van der Waals surface area contributed by atoms with Gasteiger partial charge in [-0.1, -0.05) is 23.8 Å². The number of hydrogen-bond acceptors (Lipinski definition) is 5. The average Bonchev–Trinajstić information content (AvgIpc) is 3.19. The molecule has 0 fully saturated rings. The number of ether oxygens (including phenoxy) is 1. The van der Waals surface area contributed by atoms with E-state index in [1.54, 1.807) is 44.2 Å². The van der Waals surface area contributed by atoms with Crippen LogP contribution in [-0.2, 0) is 21.4 Å². The number of anilines is 1. The maximum absolute atomic E-state index is 13.7. The molecule has 8 heteroatoms. The van der Waals surface area contributed by atoms with Crippen molar-refractivity contribution in [2.24, 2.45) is 0 Å². The van der Waals surface area contributed by atoms with E-state index in [-0.39, 0.29) is 17.2 Å². The van der Waals surface area contributed by atoms with E-state index in [0.29, 0.717) is 22.6 Å². The molecular formula is C22H23NO6S. The van der Waals surface area contributed by atoms with Crippen molar-refractivity contribution in [1.29, 1.82) is 0 Å². The molecule has 0 radical (unpaired) electrons. The zero-order valence-corrected chi connectivity index (χ0v) is 17.8. The molecule has 30 heavy (non-hydrogen) atoms. The monoisotopic (exact) mass is 429 g/mol. The molecule has 0 aliphatic carbocycles. The van der Waals surface area contributed by atoms with Gasteiger partial charge in [-0.25, -0.2) is 13.2 Å². The van der Waals surface area contributed by atoms with Crippen LogP contribution in [0.25, 0.3) is 0 Å². The summed E-state index contributed by atoms with van der Waals surface area (Å²) in [4.78, 5) is 11.0. The number of aryl methyl sites for hydroxylation is 2. The first-order valence-electron chi connectivity index (χ1n) is 9.26. The second kappa shape index (κ2) is 8.62. The Morgan fingerprint density at radius 1 is 1.07 bits per heavy atom. The van der Waals surface area contributed by atoms with Crippen molar-refractivity contribution in [3.63, 3.8) is 0 Å². The SMILES string of the molecule is Cc1ccc(N(Cc2ccco2)S(=O)(=O)c2ccc(C)c(OCC(=O)O)c2C)cc1. The number of nitrogens with zero attached hydrogens (tertiary/aromatic N) is 1. The van der Waals surface area contributed by atoms with Crippen LogP contribution in [-0.4, -0.2) is 26.1 Å². The van der Waals surface area contributed by atoms with Crippen molar-refractivity contribution in [3.8, 4) is 5.75 Å². The van der Waals surface area contributed by atoms with Gasteiger partial charge in [0.15, 0.2) is 6.61 Å². The molecule has 0 unspecified atom stereocenters. The molecule has 0 aliphatic rings. The molecule has 1 N–H and O–H groups in total. The Morgan fingerprint density at radius 2 is 1.77 bits per heavy atom. The summed E-state index contributed by atoms with van der Waals surface area (Å²) in [5.41, 5.74) is 2.50. The molecule has 1 aromatic heterocycles. The van der Waals surface area contributed by atoms with Gasteiger partial charge in [-0.2, -0.15) is 0 Å². The highest BCUT2D eigenvalue weighted by atomic mass is 32.2. The van der Waals surface area contributed by atoms with Crippen molar-refractivity contribution in [1.82, 2.24) is 0 Å². The predicted molar refractivity (Wildman–Crippen MR) is 112 cm³/mol. The van der Waals surface area contributed by atoms with E-state index in [1.807, 2.05) is 19.1 Å². The van der Waals surface area contributed by atoms with Gasteiger partial charge in [0.25, 0.3) is 10.0 Å². The van der Waals surface area contributed by atoms with Crippen LogP contribution in [0.15, 0.2) is 64.1 Å². The lowest BCUT2D eigenvalue weighted by molar-refractivity contribution is -0.139. The van der Waals surface area contributed by atoms with Gasteiger partial charge in [0.05, 0.1) is 23.4 Å². The molecule has 2 aromatic carbocycles. The molecule has 0 atom stereocenters. The first-order valence-corrected chi connectivity index (χ1v) is 10.7. The Morgan fingerprint density at radius 3 is 2.37 bits per heavy atom. The summed E-state index contributed by atoms with van der Waals surface area (Å²) in [6, 6.07) is 13.7. The summed E-state index contributed by atoms with van der Waals surface area (Å²) in [6.07, 6.45) is 1.49. The van der Waals surface area contributed by atoms with E-state index in [1.165, 1.54) is 16.6 Å². The van der Waals surface area contributed by atoms with Crippen LogP contribution in [0.3, 0.4) is 0 Å². The molecule has 0 amide bonds. The number of carboxylic acid groups (broad SMARTS) is 1. The molecule has 0 aliphatic heterocycles. The van der Waals surface area contributed by atoms with Gasteiger partial charge in [0.1, 0.15) is 11.5 Å². The third-order valence-corrected chi connectivity index (χ3v) is 6.58. The second-order valence-corrected chi connectivity index (χ2v) is 8.77. The third-order valence-electron chi connectivity index (χ3n) is 4.66. The van der Waals surface area contributed by atoms with Crippen LogP contribution >= 0.6 is 0 Å². The van der Waals surface area contributed by atoms with E-state index in [9.17, 15) is 13.2 Å². The van der Waals surface area contributed by atoms with Crippen LogP contribution in [0, 0.1) is 20.8 Å². The maximum atomic E-state index is 13.7. The molecule has 0 bridgehead atoms. The van der Waals surface area contributed by atoms with E-state index in [4.69, 9.17) is 14.3 Å². The van der Waals surface area contributed by atoms with Gasteiger partial charge in [-0.05, 0) is 56.7 Å². The predicted octanol–water partition coefficient (Wildman–Crippen LogP) is 4.06. The molecule has 3 aromatic rings. The minimum Gasteiger partial charge on any atom is -0.481 e. The Bertz CT molecular complexity index is 1140. The number of rotatable bonds is 8. The molecule has 0 spiro atoms. The smallest absolute Gasteiger partial charge is 0.341 e. The maximum Gasteiger partial charge on any atom is 0.341 e. The lowest BCUT2D eigenvalue weighted by Gasteiger charge is -2.25. The Labute approximate surface area is 175 Å². The van der Waals surface area contributed by atoms with Gasteiger partial charge >= 0.3 is 5.97 Å². The van der Waals surface area contributed by atoms with Crippen LogP contribution in [0.2, 0.25) is 0 Å². The summed E-state index contributed by atoms with van der Waals surface area (Å²) >= 11 is 0. The number of furan rings is 1. The highest BCUT2D eigenvalue weighted by Crippen LogP contribution is 2.33. The fraction of sp³-hybridized carbons (Fsp3) is 0.227. The third kappa shape index (κ3) is 4.49. The van der Waals surface area contributed by atoms with E-state index < -0.39 is 22.6 Å². The second-order valence-electron chi connectivity index (χ2n) is 6.94. The quantitative estimate of drug-likeness (QED) is 0.580. The van der Waals surface area contributed by atoms with E-state index in [0.717, 1.165) is 5.56 Å². The topological polar surface area (TPSA) is 97.0 Å². The van der Waals surface area contributed by atoms with E-state index in [2.05, 4.69) is 0 Å². The molecule has 0 saturated carbocycles. The van der Waals surface area contributed by atoms with Gasteiger partial charge in [-0.3, -0.25) is 4.31 Å². The first-order chi connectivity index (χ1) is 14.2. The summed E-state index contributed by atoms with van der Waals surface area (Å²) in [7, 11) is -4.01. The number of carboxylic acids is 1. The lowest BCUT2D eigenvalue weighted by atomic mass is 10.1. The average molecular weight is 429 g/mol. The number of sulfonamides is 1. The minimum absolute atomic E-state index is 0.0109. The van der Waals surface area contributed by atoms with Crippen molar-refractivity contribution in [3.05, 3.63) is 77.2 Å². The zero-order valence-electron chi connectivity index (χ0n) is 17.0. The Kier molecular flexibility index (Phi) is 6.17. The highest BCUT2D eigenvalue weighted by Gasteiger charge is 2.29. The largest absolute Gasteiger partial charge is 0.481 e. The fourth-order valence-corrected chi connectivity index (χ4v) is 4.79. The fourth-order valence-electron chi connectivity index (χ4n) is 3.13. The van der Waals surface area contributed by atoms with Crippen LogP contribution < -0.4 is 9.04 Å². The van der Waals surface area contributed by atoms with Gasteiger partial charge in [0.2, 0.25) is 0 Å². The van der Waals surface area contributed by atoms with Crippen LogP contribution in [0.4, 0.5) is 5.69 Å². The van der Waals surface area contributed by atoms with Crippen molar-refractivity contribution >= 4 is 21.7 Å². The molecular weight excluding hydrogens is 406 g/mol. The number of carbonyl (C=O) groups is 1. The van der Waals surface area contributed by atoms with Gasteiger partial charge < -0.3 is 14.3 Å². The van der Waals surface area contributed by atoms with Gasteiger partial charge in [0, 0.05) is 5.56 Å². The molecule has 7 nitrogen and oxygen atoms in total.